The highest BCUT2D eigenvalue weighted by Gasteiger charge is 2.32. The normalized spacial score (nSPS) is 13.5. The van der Waals surface area contributed by atoms with E-state index < -0.39 is 0 Å². The third-order valence-corrected chi connectivity index (χ3v) is 7.22. The van der Waals surface area contributed by atoms with Crippen molar-refractivity contribution in [3.63, 3.8) is 0 Å². The van der Waals surface area contributed by atoms with Gasteiger partial charge in [0.1, 0.15) is 5.65 Å². The average Bonchev–Trinajstić information content (AvgIpc) is 3.48. The molecule has 0 amide bonds. The molecule has 2 aliphatic carbocycles. The van der Waals surface area contributed by atoms with Gasteiger partial charge in [0.05, 0.1) is 16.9 Å². The van der Waals surface area contributed by atoms with Gasteiger partial charge in [0.15, 0.2) is 0 Å². The van der Waals surface area contributed by atoms with Gasteiger partial charge in [-0.2, -0.15) is 0 Å². The predicted molar refractivity (Wildman–Crippen MR) is 127 cm³/mol. The van der Waals surface area contributed by atoms with E-state index >= 15 is 0 Å². The van der Waals surface area contributed by atoms with Crippen LogP contribution in [-0.4, -0.2) is 9.38 Å². The van der Waals surface area contributed by atoms with Crippen LogP contribution in [0.25, 0.3) is 49.7 Å². The van der Waals surface area contributed by atoms with Crippen molar-refractivity contribution in [3.8, 4) is 22.4 Å². The van der Waals surface area contributed by atoms with Crippen LogP contribution in [-0.2, 0) is 12.8 Å². The average molecular weight is 394 g/mol. The van der Waals surface area contributed by atoms with Crippen molar-refractivity contribution in [1.82, 2.24) is 9.38 Å². The number of para-hydroxylation sites is 1. The van der Waals surface area contributed by atoms with Crippen molar-refractivity contribution in [2.24, 2.45) is 0 Å². The number of nitrogens with zero attached hydrogens (tertiary/aromatic N) is 2. The lowest BCUT2D eigenvalue weighted by Gasteiger charge is -2.10. The van der Waals surface area contributed by atoms with Gasteiger partial charge in [-0.3, -0.25) is 4.40 Å². The molecule has 0 atom stereocenters. The summed E-state index contributed by atoms with van der Waals surface area (Å²) >= 11 is 0. The summed E-state index contributed by atoms with van der Waals surface area (Å²) < 4.78 is 2.42. The van der Waals surface area contributed by atoms with Crippen LogP contribution in [0.15, 0.2) is 84.9 Å². The van der Waals surface area contributed by atoms with Crippen molar-refractivity contribution >= 4 is 27.3 Å². The first-order valence-electron chi connectivity index (χ1n) is 10.9. The fourth-order valence-electron chi connectivity index (χ4n) is 5.93. The van der Waals surface area contributed by atoms with Crippen molar-refractivity contribution in [3.05, 3.63) is 107 Å². The summed E-state index contributed by atoms with van der Waals surface area (Å²) in [6, 6.07) is 31.0. The Morgan fingerprint density at radius 3 is 2.19 bits per heavy atom. The SMILES string of the molecule is c1ccc2c(c1)Cc1ccc3c(c1-2)-c1nc2c4ccccc4c4ccccc4n2c1C3. The minimum Gasteiger partial charge on any atom is -0.295 e. The fraction of sp³-hybridized carbons (Fsp3) is 0.0690. The van der Waals surface area contributed by atoms with Crippen LogP contribution in [0.2, 0.25) is 0 Å². The maximum Gasteiger partial charge on any atom is 0.146 e. The van der Waals surface area contributed by atoms with Gasteiger partial charge >= 0.3 is 0 Å². The smallest absolute Gasteiger partial charge is 0.146 e. The van der Waals surface area contributed by atoms with Crippen molar-refractivity contribution in [2.75, 3.05) is 0 Å². The Balaban J connectivity index is 1.55. The van der Waals surface area contributed by atoms with Gasteiger partial charge in [0.25, 0.3) is 0 Å². The van der Waals surface area contributed by atoms with Gasteiger partial charge in [0.2, 0.25) is 0 Å². The van der Waals surface area contributed by atoms with E-state index in [0.29, 0.717) is 0 Å². The molecule has 144 valence electrons. The van der Waals surface area contributed by atoms with E-state index in [-0.39, 0.29) is 0 Å². The first-order chi connectivity index (χ1) is 15.4. The maximum atomic E-state index is 5.33. The monoisotopic (exact) mass is 394 g/mol. The van der Waals surface area contributed by atoms with E-state index in [0.717, 1.165) is 18.5 Å². The number of imidazole rings is 1. The van der Waals surface area contributed by atoms with Crippen LogP contribution in [0.1, 0.15) is 22.4 Å². The van der Waals surface area contributed by atoms with Gasteiger partial charge in [-0.1, -0.05) is 78.9 Å². The second kappa shape index (κ2) is 5.41. The minimum atomic E-state index is 0.934. The fourth-order valence-corrected chi connectivity index (χ4v) is 5.93. The number of rotatable bonds is 0. The highest BCUT2D eigenvalue weighted by molar-refractivity contribution is 6.12. The Labute approximate surface area is 179 Å². The summed E-state index contributed by atoms with van der Waals surface area (Å²) in [4.78, 5) is 5.33. The first-order valence-corrected chi connectivity index (χ1v) is 10.9. The molecule has 0 aliphatic heterocycles. The second-order valence-electron chi connectivity index (χ2n) is 8.77. The predicted octanol–water partition coefficient (Wildman–Crippen LogP) is 6.78. The summed E-state index contributed by atoms with van der Waals surface area (Å²) in [6.07, 6.45) is 1.96. The molecule has 0 N–H and O–H groups in total. The summed E-state index contributed by atoms with van der Waals surface area (Å²) in [5.41, 5.74) is 13.2. The van der Waals surface area contributed by atoms with Crippen LogP contribution in [0.4, 0.5) is 0 Å². The van der Waals surface area contributed by atoms with Gasteiger partial charge in [-0.15, -0.1) is 0 Å². The number of pyridine rings is 1. The molecule has 0 radical (unpaired) electrons. The molecule has 8 rings (SSSR count). The van der Waals surface area contributed by atoms with E-state index in [2.05, 4.69) is 89.3 Å². The van der Waals surface area contributed by atoms with Crippen LogP contribution in [0, 0.1) is 0 Å². The number of fused-ring (bicyclic) bond motifs is 14. The van der Waals surface area contributed by atoms with E-state index in [1.54, 1.807) is 0 Å². The summed E-state index contributed by atoms with van der Waals surface area (Å²) in [6.45, 7) is 0. The molecule has 2 heterocycles. The van der Waals surface area contributed by atoms with E-state index in [1.807, 2.05) is 0 Å². The first kappa shape index (κ1) is 15.9. The van der Waals surface area contributed by atoms with Gasteiger partial charge in [-0.05, 0) is 45.7 Å². The zero-order chi connectivity index (χ0) is 20.1. The molecule has 0 saturated heterocycles. The minimum absolute atomic E-state index is 0.934. The lowest BCUT2D eigenvalue weighted by Crippen LogP contribution is -1.96. The molecular weight excluding hydrogens is 376 g/mol. The Morgan fingerprint density at radius 2 is 1.29 bits per heavy atom. The van der Waals surface area contributed by atoms with Gasteiger partial charge < -0.3 is 0 Å². The van der Waals surface area contributed by atoms with Gasteiger partial charge in [0, 0.05) is 22.8 Å². The third-order valence-electron chi connectivity index (χ3n) is 7.22. The Morgan fingerprint density at radius 1 is 0.581 bits per heavy atom. The molecule has 0 fully saturated rings. The molecule has 2 aliphatic rings. The quantitative estimate of drug-likeness (QED) is 0.259. The lowest BCUT2D eigenvalue weighted by molar-refractivity contribution is 1.09. The molecule has 2 nitrogen and oxygen atoms in total. The third kappa shape index (κ3) is 1.87. The maximum absolute atomic E-state index is 5.33. The van der Waals surface area contributed by atoms with Crippen LogP contribution < -0.4 is 0 Å². The Bertz CT molecular complexity index is 1740. The standard InChI is InChI=1S/C29H18N2/c1-2-8-20-17(7-1)15-18-13-14-19-16-25-28(27(19)26(18)20)30-29-23-11-4-3-9-21(23)22-10-5-6-12-24(22)31(25)29/h1-14H,15-16H2. The molecule has 0 saturated carbocycles. The molecule has 4 aromatic carbocycles. The highest BCUT2D eigenvalue weighted by atomic mass is 15.0. The second-order valence-corrected chi connectivity index (χ2v) is 8.77. The van der Waals surface area contributed by atoms with Crippen LogP contribution in [0.3, 0.4) is 0 Å². The van der Waals surface area contributed by atoms with Crippen molar-refractivity contribution in [2.45, 2.75) is 12.8 Å². The lowest BCUT2D eigenvalue weighted by atomic mass is 9.96. The molecule has 0 spiro atoms. The summed E-state index contributed by atoms with van der Waals surface area (Å²) in [5, 5.41) is 3.79. The molecular formula is C29H18N2. The molecule has 31 heavy (non-hydrogen) atoms. The Kier molecular flexibility index (Phi) is 2.77. The van der Waals surface area contributed by atoms with Crippen LogP contribution >= 0.6 is 0 Å². The molecule has 2 heteroatoms. The van der Waals surface area contributed by atoms with E-state index in [4.69, 9.17) is 4.98 Å². The molecule has 0 bridgehead atoms. The summed E-state index contributed by atoms with van der Waals surface area (Å²) in [5.74, 6) is 0. The molecule has 6 aromatic rings. The number of hydrogen-bond acceptors (Lipinski definition) is 1. The molecule has 2 aromatic heterocycles. The molecule has 0 unspecified atom stereocenters. The topological polar surface area (TPSA) is 17.3 Å². The highest BCUT2D eigenvalue weighted by Crippen LogP contribution is 2.49. The van der Waals surface area contributed by atoms with Crippen molar-refractivity contribution < 1.29 is 0 Å². The van der Waals surface area contributed by atoms with Gasteiger partial charge in [-0.25, -0.2) is 4.98 Å². The zero-order valence-electron chi connectivity index (χ0n) is 16.9. The zero-order valence-corrected chi connectivity index (χ0v) is 16.9. The van der Waals surface area contributed by atoms with E-state index in [9.17, 15) is 0 Å². The number of aromatic nitrogens is 2. The Hall–Kier alpha value is -3.91. The van der Waals surface area contributed by atoms with Crippen LogP contribution in [0.5, 0.6) is 0 Å². The van der Waals surface area contributed by atoms with Crippen molar-refractivity contribution in [1.29, 1.82) is 0 Å². The number of hydrogen-bond donors (Lipinski definition) is 0. The number of benzene rings is 4. The largest absolute Gasteiger partial charge is 0.295 e. The van der Waals surface area contributed by atoms with E-state index in [1.165, 1.54) is 66.4 Å². The summed E-state index contributed by atoms with van der Waals surface area (Å²) in [7, 11) is 0.